The lowest BCUT2D eigenvalue weighted by atomic mass is 10.2. The van der Waals surface area contributed by atoms with Gasteiger partial charge in [0.05, 0.1) is 21.1 Å². The highest BCUT2D eigenvalue weighted by molar-refractivity contribution is 4.54. The summed E-state index contributed by atoms with van der Waals surface area (Å²) in [6.45, 7) is 3.21. The van der Waals surface area contributed by atoms with Crippen LogP contribution in [0, 0.1) is 0 Å². The van der Waals surface area contributed by atoms with Crippen molar-refractivity contribution in [2.75, 3.05) is 41.0 Å². The van der Waals surface area contributed by atoms with Crippen molar-refractivity contribution in [3.63, 3.8) is 0 Å². The minimum Gasteiger partial charge on any atom is -0.370 e. The molecule has 0 bridgehead atoms. The van der Waals surface area contributed by atoms with Gasteiger partial charge in [0.25, 0.3) is 0 Å². The van der Waals surface area contributed by atoms with Crippen LogP contribution in [0.15, 0.2) is 0 Å². The second kappa shape index (κ2) is 7.18. The normalized spacial score (nSPS) is 14.4. The Morgan fingerprint density at radius 1 is 1.21 bits per heavy atom. The molecule has 0 aromatic rings. The van der Waals surface area contributed by atoms with Crippen molar-refractivity contribution in [2.24, 2.45) is 0 Å². The number of likely N-dealkylation sites (N-methyl/N-ethyl adjacent to an activating group) is 1. The van der Waals surface area contributed by atoms with Crippen molar-refractivity contribution in [1.82, 2.24) is 0 Å². The van der Waals surface area contributed by atoms with Crippen LogP contribution in [-0.4, -0.2) is 51.6 Å². The second-order valence-electron chi connectivity index (χ2n) is 4.83. The van der Waals surface area contributed by atoms with Crippen molar-refractivity contribution in [3.05, 3.63) is 0 Å². The zero-order chi connectivity index (χ0) is 11.0. The Bertz CT molecular complexity index is 134. The molecule has 0 aliphatic carbocycles. The molecule has 0 amide bonds. The average Bonchev–Trinajstić information content (AvgIpc) is 2.08. The lowest BCUT2D eigenvalue weighted by molar-refractivity contribution is -0.873. The number of alkyl halides is 1. The molecule has 3 heteroatoms. The molecule has 0 aromatic carbocycles. The van der Waals surface area contributed by atoms with Gasteiger partial charge in [-0.05, 0) is 6.42 Å². The molecule has 14 heavy (non-hydrogen) atoms. The van der Waals surface area contributed by atoms with Gasteiger partial charge in [-0.15, -0.1) is 0 Å². The van der Waals surface area contributed by atoms with Gasteiger partial charge in [-0.25, -0.2) is 4.39 Å². The summed E-state index contributed by atoms with van der Waals surface area (Å²) in [4.78, 5) is 0. The zero-order valence-corrected chi connectivity index (χ0v) is 10.1. The summed E-state index contributed by atoms with van der Waals surface area (Å²) in [6, 6.07) is 0. The quantitative estimate of drug-likeness (QED) is 0.437. The molecule has 0 fully saturated rings. The molecule has 1 atom stereocenters. The lowest BCUT2D eigenvalue weighted by Gasteiger charge is -2.27. The third-order valence-corrected chi connectivity index (χ3v) is 2.02. The monoisotopic (exact) mass is 206 g/mol. The minimum atomic E-state index is -0.373. The van der Waals surface area contributed by atoms with Crippen LogP contribution in [0.25, 0.3) is 0 Å². The van der Waals surface area contributed by atoms with Gasteiger partial charge in [-0.2, -0.15) is 0 Å². The predicted octanol–water partition coefficient (Wildman–Crippen LogP) is 2.24. The zero-order valence-electron chi connectivity index (χ0n) is 10.1. The van der Waals surface area contributed by atoms with E-state index < -0.39 is 0 Å². The van der Waals surface area contributed by atoms with Gasteiger partial charge in [0.15, 0.2) is 0 Å². The first-order chi connectivity index (χ1) is 6.49. The number of nitrogens with zero attached hydrogens (tertiary/aromatic N) is 1. The van der Waals surface area contributed by atoms with Crippen LogP contribution in [0.3, 0.4) is 0 Å². The van der Waals surface area contributed by atoms with Crippen LogP contribution in [0.4, 0.5) is 4.39 Å². The third kappa shape index (κ3) is 8.45. The molecule has 0 aromatic heterocycles. The van der Waals surface area contributed by atoms with E-state index >= 15 is 0 Å². The fraction of sp³-hybridized carbons (Fsp3) is 1.00. The Morgan fingerprint density at radius 2 is 1.86 bits per heavy atom. The predicted molar refractivity (Wildman–Crippen MR) is 58.1 cm³/mol. The molecule has 0 saturated carbocycles. The molecule has 0 rings (SSSR count). The molecule has 2 nitrogen and oxygen atoms in total. The fourth-order valence-electron chi connectivity index (χ4n) is 1.36. The summed E-state index contributed by atoms with van der Waals surface area (Å²) < 4.78 is 18.8. The smallest absolute Gasteiger partial charge is 0.134 e. The molecule has 0 heterocycles. The Kier molecular flexibility index (Phi) is 7.11. The summed E-state index contributed by atoms with van der Waals surface area (Å²) in [5.74, 6) is 0. The van der Waals surface area contributed by atoms with Crippen LogP contribution in [0.2, 0.25) is 0 Å². The largest absolute Gasteiger partial charge is 0.370 e. The Labute approximate surface area is 87.6 Å². The molecule has 0 N–H and O–H groups in total. The summed E-state index contributed by atoms with van der Waals surface area (Å²) in [7, 11) is 6.16. The standard InChI is InChI=1S/C11H25FNO/c1-5-6-7-8-14-11(9-12)10-13(2,3)4/h11H,5-10H2,1-4H3/q+1. The molecule has 86 valence electrons. The summed E-state index contributed by atoms with van der Waals surface area (Å²) in [5, 5.41) is 0. The van der Waals surface area contributed by atoms with Gasteiger partial charge >= 0.3 is 0 Å². The number of unbranched alkanes of at least 4 members (excludes halogenated alkanes) is 2. The van der Waals surface area contributed by atoms with E-state index in [0.717, 1.165) is 17.4 Å². The third-order valence-electron chi connectivity index (χ3n) is 2.02. The van der Waals surface area contributed by atoms with E-state index in [1.54, 1.807) is 0 Å². The first-order valence-corrected chi connectivity index (χ1v) is 5.47. The van der Waals surface area contributed by atoms with Gasteiger partial charge in [-0.1, -0.05) is 19.8 Å². The van der Waals surface area contributed by atoms with Gasteiger partial charge in [0.1, 0.15) is 19.3 Å². The number of halogens is 1. The highest BCUT2D eigenvalue weighted by atomic mass is 19.1. The Morgan fingerprint density at radius 3 is 2.29 bits per heavy atom. The number of rotatable bonds is 8. The minimum absolute atomic E-state index is 0.230. The number of hydrogen-bond acceptors (Lipinski definition) is 1. The summed E-state index contributed by atoms with van der Waals surface area (Å²) >= 11 is 0. The van der Waals surface area contributed by atoms with Crippen LogP contribution in [0.1, 0.15) is 26.2 Å². The van der Waals surface area contributed by atoms with E-state index in [1.807, 2.05) is 0 Å². The maximum absolute atomic E-state index is 12.6. The highest BCUT2D eigenvalue weighted by Crippen LogP contribution is 2.03. The van der Waals surface area contributed by atoms with Gasteiger partial charge < -0.3 is 9.22 Å². The fourth-order valence-corrected chi connectivity index (χ4v) is 1.36. The number of hydrogen-bond donors (Lipinski definition) is 0. The topological polar surface area (TPSA) is 9.23 Å². The van der Waals surface area contributed by atoms with E-state index in [4.69, 9.17) is 4.74 Å². The van der Waals surface area contributed by atoms with Crippen molar-refractivity contribution < 1.29 is 13.6 Å². The molecule has 0 saturated heterocycles. The molecule has 1 unspecified atom stereocenters. The van der Waals surface area contributed by atoms with E-state index in [1.165, 1.54) is 12.8 Å². The molecule has 0 aliphatic rings. The molecular formula is C11H25FNO+. The average molecular weight is 206 g/mol. The number of quaternary nitrogens is 1. The first kappa shape index (κ1) is 13.8. The Hall–Kier alpha value is -0.150. The maximum Gasteiger partial charge on any atom is 0.134 e. The SMILES string of the molecule is CCCCCOC(CF)C[N+](C)(C)C. The van der Waals surface area contributed by atoms with Gasteiger partial charge in [0.2, 0.25) is 0 Å². The van der Waals surface area contributed by atoms with Crippen LogP contribution in [-0.2, 0) is 4.74 Å². The number of ether oxygens (including phenoxy) is 1. The lowest BCUT2D eigenvalue weighted by Crippen LogP contribution is -2.43. The van der Waals surface area contributed by atoms with E-state index in [-0.39, 0.29) is 12.8 Å². The van der Waals surface area contributed by atoms with Crippen LogP contribution >= 0.6 is 0 Å². The second-order valence-corrected chi connectivity index (χ2v) is 4.83. The van der Waals surface area contributed by atoms with Crippen molar-refractivity contribution in [1.29, 1.82) is 0 Å². The summed E-state index contributed by atoms with van der Waals surface area (Å²) in [6.07, 6.45) is 3.17. The maximum atomic E-state index is 12.6. The highest BCUT2D eigenvalue weighted by Gasteiger charge is 2.18. The molecule has 0 radical (unpaired) electrons. The van der Waals surface area contributed by atoms with Crippen molar-refractivity contribution in [3.8, 4) is 0 Å². The van der Waals surface area contributed by atoms with E-state index in [2.05, 4.69) is 28.1 Å². The van der Waals surface area contributed by atoms with Crippen LogP contribution in [0.5, 0.6) is 0 Å². The van der Waals surface area contributed by atoms with Crippen molar-refractivity contribution in [2.45, 2.75) is 32.3 Å². The van der Waals surface area contributed by atoms with Crippen molar-refractivity contribution >= 4 is 0 Å². The Balaban J connectivity index is 3.58. The van der Waals surface area contributed by atoms with E-state index in [9.17, 15) is 4.39 Å². The van der Waals surface area contributed by atoms with Gasteiger partial charge in [0, 0.05) is 6.61 Å². The molecule has 0 spiro atoms. The molecule has 0 aliphatic heterocycles. The molecular weight excluding hydrogens is 181 g/mol. The van der Waals surface area contributed by atoms with Crippen LogP contribution < -0.4 is 0 Å². The van der Waals surface area contributed by atoms with E-state index in [0.29, 0.717) is 6.61 Å². The van der Waals surface area contributed by atoms with Gasteiger partial charge in [-0.3, -0.25) is 0 Å². The summed E-state index contributed by atoms with van der Waals surface area (Å²) in [5.41, 5.74) is 0. The first-order valence-electron chi connectivity index (χ1n) is 5.47.